The van der Waals surface area contributed by atoms with Gasteiger partial charge in [-0.3, -0.25) is 0 Å². The van der Waals surface area contributed by atoms with Gasteiger partial charge in [0, 0.05) is 24.4 Å². The van der Waals surface area contributed by atoms with Crippen LogP contribution in [0.25, 0.3) is 11.5 Å². The number of halogens is 1. The summed E-state index contributed by atoms with van der Waals surface area (Å²) < 4.78 is 0. The molecule has 4 rings (SSSR count). The maximum absolute atomic E-state index is 4.49. The van der Waals surface area contributed by atoms with Crippen molar-refractivity contribution < 1.29 is 0 Å². The highest BCUT2D eigenvalue weighted by atomic mass is 79.9. The number of piperidine rings is 1. The molecule has 2 saturated heterocycles. The van der Waals surface area contributed by atoms with E-state index in [1.54, 1.807) is 12.4 Å². The highest BCUT2D eigenvalue weighted by molar-refractivity contribution is 8.93. The minimum Gasteiger partial charge on any atom is -0.343 e. The van der Waals surface area contributed by atoms with Crippen LogP contribution in [0.15, 0.2) is 24.5 Å². The molecule has 20 heavy (non-hydrogen) atoms. The van der Waals surface area contributed by atoms with Crippen LogP contribution in [0.4, 0.5) is 0 Å². The van der Waals surface area contributed by atoms with Crippen molar-refractivity contribution in [3.05, 3.63) is 30.2 Å². The van der Waals surface area contributed by atoms with Crippen LogP contribution in [0.2, 0.25) is 0 Å². The average molecular weight is 336 g/mol. The van der Waals surface area contributed by atoms with Crippen molar-refractivity contribution in [3.63, 3.8) is 0 Å². The quantitative estimate of drug-likeness (QED) is 0.913. The summed E-state index contributed by atoms with van der Waals surface area (Å²) in [4.78, 5) is 9.82. The van der Waals surface area contributed by atoms with Crippen molar-refractivity contribution in [1.29, 1.82) is 0 Å². The first-order chi connectivity index (χ1) is 9.36. The lowest BCUT2D eigenvalue weighted by Gasteiger charge is -2.33. The summed E-state index contributed by atoms with van der Waals surface area (Å²) in [5, 5.41) is 8.84. The van der Waals surface area contributed by atoms with Crippen LogP contribution in [0.3, 0.4) is 0 Å². The van der Waals surface area contributed by atoms with Crippen LogP contribution < -0.4 is 0 Å². The third kappa shape index (κ3) is 2.16. The lowest BCUT2D eigenvalue weighted by atomic mass is 9.78. The lowest BCUT2D eigenvalue weighted by Crippen LogP contribution is -2.37. The van der Waals surface area contributed by atoms with Gasteiger partial charge in [-0.25, -0.2) is 4.98 Å². The zero-order chi connectivity index (χ0) is 12.7. The summed E-state index contributed by atoms with van der Waals surface area (Å²) in [6, 6.07) is 4.17. The van der Waals surface area contributed by atoms with Crippen LogP contribution in [0.5, 0.6) is 0 Å². The molecule has 2 aromatic rings. The number of hydrogen-bond donors (Lipinski definition) is 1. The topological polar surface area (TPSA) is 57.7 Å². The third-order valence-corrected chi connectivity index (χ3v) is 4.51. The first kappa shape index (κ1) is 13.7. The number of fused-ring (bicyclic) bond motifs is 2. The van der Waals surface area contributed by atoms with E-state index in [0.29, 0.717) is 0 Å². The molecule has 0 radical (unpaired) electrons. The molecular formula is C14H18BrN5. The van der Waals surface area contributed by atoms with Crippen molar-refractivity contribution in [3.8, 4) is 11.5 Å². The van der Waals surface area contributed by atoms with Gasteiger partial charge in [-0.2, -0.15) is 5.10 Å². The Balaban J connectivity index is 0.00000121. The fourth-order valence-corrected chi connectivity index (χ4v) is 3.48. The summed E-state index contributed by atoms with van der Waals surface area (Å²) >= 11 is 0. The van der Waals surface area contributed by atoms with Gasteiger partial charge < -0.3 is 9.88 Å². The minimum absolute atomic E-state index is 0. The molecule has 2 aliphatic rings. The van der Waals surface area contributed by atoms with Gasteiger partial charge in [-0.1, -0.05) is 0 Å². The molecule has 106 valence electrons. The standard InChI is InChI=1S/C14H17N5.BrH/c1-4-14(5-9-19(8-1)10-14)12-3-2-11(17-18-12)13-15-6-7-16-13;/h2-3,6-7H,1,4-5,8-10H2,(H,15,16);1H. The van der Waals surface area contributed by atoms with E-state index in [0.717, 1.165) is 23.8 Å². The fourth-order valence-electron chi connectivity index (χ4n) is 3.48. The second-order valence-corrected chi connectivity index (χ2v) is 5.65. The number of hydrogen-bond acceptors (Lipinski definition) is 4. The SMILES string of the molecule is Br.c1c[nH]c(-c2ccc(C34CCCN(CC3)C4)nn2)n1. The van der Waals surface area contributed by atoms with Crippen LogP contribution in [-0.2, 0) is 5.41 Å². The Bertz CT molecular complexity index is 564. The van der Waals surface area contributed by atoms with E-state index in [2.05, 4.69) is 31.1 Å². The largest absolute Gasteiger partial charge is 0.343 e. The molecule has 2 unspecified atom stereocenters. The van der Waals surface area contributed by atoms with Gasteiger partial charge in [0.15, 0.2) is 5.82 Å². The highest BCUT2D eigenvalue weighted by Gasteiger charge is 2.43. The smallest absolute Gasteiger partial charge is 0.157 e. The predicted molar refractivity (Wildman–Crippen MR) is 81.9 cm³/mol. The van der Waals surface area contributed by atoms with E-state index in [4.69, 9.17) is 0 Å². The van der Waals surface area contributed by atoms with Crippen molar-refractivity contribution in [2.75, 3.05) is 19.6 Å². The van der Waals surface area contributed by atoms with E-state index in [1.807, 2.05) is 6.07 Å². The summed E-state index contributed by atoms with van der Waals surface area (Å²) in [6.07, 6.45) is 7.29. The minimum atomic E-state index is 0. The molecule has 0 amide bonds. The molecule has 6 heteroatoms. The Kier molecular flexibility index (Phi) is 3.60. The Hall–Kier alpha value is -1.27. The molecule has 0 saturated carbocycles. The molecule has 0 spiro atoms. The molecule has 1 N–H and O–H groups in total. The number of nitrogens with zero attached hydrogens (tertiary/aromatic N) is 4. The fraction of sp³-hybridized carbons (Fsp3) is 0.500. The predicted octanol–water partition coefficient (Wildman–Crippen LogP) is 2.18. The zero-order valence-corrected chi connectivity index (χ0v) is 13.0. The van der Waals surface area contributed by atoms with Crippen molar-refractivity contribution >= 4 is 17.0 Å². The molecule has 2 bridgehead atoms. The molecular weight excluding hydrogens is 318 g/mol. The second kappa shape index (κ2) is 5.26. The molecule has 0 aliphatic carbocycles. The first-order valence-corrected chi connectivity index (χ1v) is 6.92. The van der Waals surface area contributed by atoms with E-state index in [9.17, 15) is 0 Å². The van der Waals surface area contributed by atoms with Gasteiger partial charge in [0.1, 0.15) is 5.69 Å². The van der Waals surface area contributed by atoms with Gasteiger partial charge >= 0.3 is 0 Å². The van der Waals surface area contributed by atoms with Gasteiger partial charge in [0.2, 0.25) is 0 Å². The summed E-state index contributed by atoms with van der Waals surface area (Å²) in [6.45, 7) is 3.61. The molecule has 4 heterocycles. The van der Waals surface area contributed by atoms with Gasteiger partial charge in [0.05, 0.1) is 5.69 Å². The summed E-state index contributed by atoms with van der Waals surface area (Å²) in [7, 11) is 0. The zero-order valence-electron chi connectivity index (χ0n) is 11.2. The number of H-pyrrole nitrogens is 1. The first-order valence-electron chi connectivity index (χ1n) is 6.92. The Morgan fingerprint density at radius 1 is 1.15 bits per heavy atom. The summed E-state index contributed by atoms with van der Waals surface area (Å²) in [5.41, 5.74) is 2.23. The van der Waals surface area contributed by atoms with Crippen LogP contribution in [0.1, 0.15) is 25.0 Å². The monoisotopic (exact) mass is 335 g/mol. The van der Waals surface area contributed by atoms with Crippen molar-refractivity contribution in [2.24, 2.45) is 0 Å². The number of imidazole rings is 1. The molecule has 2 atom stereocenters. The van der Waals surface area contributed by atoms with Gasteiger partial charge in [-0.15, -0.1) is 22.1 Å². The van der Waals surface area contributed by atoms with E-state index in [1.165, 1.54) is 32.4 Å². The van der Waals surface area contributed by atoms with Crippen LogP contribution in [-0.4, -0.2) is 44.7 Å². The Labute approximate surface area is 128 Å². The normalized spacial score (nSPS) is 28.1. The Morgan fingerprint density at radius 2 is 2.10 bits per heavy atom. The number of nitrogens with one attached hydrogen (secondary N) is 1. The van der Waals surface area contributed by atoms with E-state index in [-0.39, 0.29) is 22.4 Å². The number of aromatic nitrogens is 4. The van der Waals surface area contributed by atoms with Gasteiger partial charge in [0.25, 0.3) is 0 Å². The van der Waals surface area contributed by atoms with Gasteiger partial charge in [-0.05, 0) is 44.5 Å². The molecule has 5 nitrogen and oxygen atoms in total. The van der Waals surface area contributed by atoms with E-state index < -0.39 is 0 Å². The number of rotatable bonds is 2. The van der Waals surface area contributed by atoms with Crippen molar-refractivity contribution in [1.82, 2.24) is 25.1 Å². The molecule has 2 fully saturated rings. The molecule has 0 aromatic carbocycles. The van der Waals surface area contributed by atoms with Crippen LogP contribution >= 0.6 is 17.0 Å². The van der Waals surface area contributed by atoms with Crippen molar-refractivity contribution in [2.45, 2.75) is 24.7 Å². The third-order valence-electron chi connectivity index (χ3n) is 4.51. The number of aromatic amines is 1. The lowest BCUT2D eigenvalue weighted by molar-refractivity contribution is 0.239. The molecule has 2 aliphatic heterocycles. The maximum atomic E-state index is 4.49. The molecule has 2 aromatic heterocycles. The van der Waals surface area contributed by atoms with E-state index >= 15 is 0 Å². The van der Waals surface area contributed by atoms with Crippen LogP contribution in [0, 0.1) is 0 Å². The maximum Gasteiger partial charge on any atom is 0.157 e. The Morgan fingerprint density at radius 3 is 2.85 bits per heavy atom. The average Bonchev–Trinajstić information content (AvgIpc) is 3.09. The summed E-state index contributed by atoms with van der Waals surface area (Å²) in [5.74, 6) is 0.785. The second-order valence-electron chi connectivity index (χ2n) is 5.65. The highest BCUT2D eigenvalue weighted by Crippen LogP contribution is 2.41.